The maximum atomic E-state index is 10.6. The second-order valence-corrected chi connectivity index (χ2v) is 6.00. The van der Waals surface area contributed by atoms with Crippen molar-refractivity contribution in [3.05, 3.63) is 53.2 Å². The van der Waals surface area contributed by atoms with Crippen molar-refractivity contribution in [1.82, 2.24) is 15.6 Å². The van der Waals surface area contributed by atoms with E-state index in [1.54, 1.807) is 13.0 Å². The number of nitrogens with zero attached hydrogens (tertiary/aromatic N) is 2. The quantitative estimate of drug-likeness (QED) is 0.559. The SMILES string of the molecule is CCNC(=NCc1cccc(C)n1)NCC(C)(O)c1ccc(C)o1. The third-order valence-electron chi connectivity index (χ3n) is 3.56. The standard InChI is InChI=1S/C18H26N4O2/c1-5-19-17(20-11-15-8-6-7-13(2)22-15)21-12-18(4,23)16-10-9-14(3)24-16/h6-10,23H,5,11-12H2,1-4H3,(H2,19,20,21). The molecule has 3 N–H and O–H groups in total. The number of hydrogen-bond donors (Lipinski definition) is 3. The number of aryl methyl sites for hydroxylation is 2. The molecular formula is C18H26N4O2. The maximum absolute atomic E-state index is 10.6. The van der Waals surface area contributed by atoms with Crippen molar-refractivity contribution in [1.29, 1.82) is 0 Å². The first-order valence-electron chi connectivity index (χ1n) is 8.14. The predicted octanol–water partition coefficient (Wildman–Crippen LogP) is 2.25. The van der Waals surface area contributed by atoms with Crippen molar-refractivity contribution < 1.29 is 9.52 Å². The first kappa shape index (κ1) is 18.0. The molecule has 2 aromatic rings. The fourth-order valence-electron chi connectivity index (χ4n) is 2.26. The van der Waals surface area contributed by atoms with Crippen LogP contribution in [0.1, 0.15) is 36.8 Å². The monoisotopic (exact) mass is 330 g/mol. The molecule has 0 saturated heterocycles. The summed E-state index contributed by atoms with van der Waals surface area (Å²) in [5, 5.41) is 16.9. The number of guanidine groups is 1. The average molecular weight is 330 g/mol. The van der Waals surface area contributed by atoms with Gasteiger partial charge < -0.3 is 20.2 Å². The molecule has 0 aliphatic heterocycles. The van der Waals surface area contributed by atoms with Gasteiger partial charge in [-0.2, -0.15) is 0 Å². The van der Waals surface area contributed by atoms with Crippen LogP contribution in [-0.4, -0.2) is 29.1 Å². The summed E-state index contributed by atoms with van der Waals surface area (Å²) >= 11 is 0. The van der Waals surface area contributed by atoms with Crippen molar-refractivity contribution >= 4 is 5.96 Å². The molecule has 0 spiro atoms. The Kier molecular flexibility index (Phi) is 5.98. The molecule has 1 atom stereocenters. The van der Waals surface area contributed by atoms with Crippen LogP contribution in [0.3, 0.4) is 0 Å². The van der Waals surface area contributed by atoms with E-state index in [1.807, 2.05) is 45.0 Å². The van der Waals surface area contributed by atoms with Crippen molar-refractivity contribution in [3.8, 4) is 0 Å². The highest BCUT2D eigenvalue weighted by molar-refractivity contribution is 5.79. The Balaban J connectivity index is 2.01. The Morgan fingerprint density at radius 3 is 2.67 bits per heavy atom. The van der Waals surface area contributed by atoms with Gasteiger partial charge >= 0.3 is 0 Å². The lowest BCUT2D eigenvalue weighted by Crippen LogP contribution is -2.44. The smallest absolute Gasteiger partial charge is 0.191 e. The molecule has 0 aliphatic rings. The van der Waals surface area contributed by atoms with Crippen LogP contribution in [0.5, 0.6) is 0 Å². The van der Waals surface area contributed by atoms with Crippen molar-refractivity contribution in [2.24, 2.45) is 4.99 Å². The lowest BCUT2D eigenvalue weighted by atomic mass is 10.0. The molecule has 6 nitrogen and oxygen atoms in total. The molecule has 0 saturated carbocycles. The average Bonchev–Trinajstić information content (AvgIpc) is 2.98. The predicted molar refractivity (Wildman–Crippen MR) is 94.8 cm³/mol. The fraction of sp³-hybridized carbons (Fsp3) is 0.444. The molecule has 24 heavy (non-hydrogen) atoms. The van der Waals surface area contributed by atoms with Gasteiger partial charge in [-0.25, -0.2) is 4.99 Å². The third kappa shape index (κ3) is 5.09. The molecule has 2 rings (SSSR count). The number of furan rings is 1. The Morgan fingerprint density at radius 1 is 1.25 bits per heavy atom. The molecule has 130 valence electrons. The highest BCUT2D eigenvalue weighted by Crippen LogP contribution is 2.21. The molecule has 2 heterocycles. The molecule has 0 aliphatic carbocycles. The zero-order valence-corrected chi connectivity index (χ0v) is 14.8. The zero-order valence-electron chi connectivity index (χ0n) is 14.8. The van der Waals surface area contributed by atoms with E-state index >= 15 is 0 Å². The van der Waals surface area contributed by atoms with E-state index in [0.29, 0.717) is 18.3 Å². The summed E-state index contributed by atoms with van der Waals surface area (Å²) in [5.41, 5.74) is 0.754. The summed E-state index contributed by atoms with van der Waals surface area (Å²) < 4.78 is 5.52. The molecule has 0 radical (unpaired) electrons. The molecule has 0 bridgehead atoms. The third-order valence-corrected chi connectivity index (χ3v) is 3.56. The number of pyridine rings is 1. The van der Waals surface area contributed by atoms with Crippen LogP contribution in [0.15, 0.2) is 39.7 Å². The second-order valence-electron chi connectivity index (χ2n) is 6.00. The van der Waals surface area contributed by atoms with E-state index in [0.717, 1.165) is 23.7 Å². The van der Waals surface area contributed by atoms with Gasteiger partial charge in [0.1, 0.15) is 17.1 Å². The van der Waals surface area contributed by atoms with Gasteiger partial charge in [-0.05, 0) is 52.0 Å². The van der Waals surface area contributed by atoms with Crippen molar-refractivity contribution in [2.75, 3.05) is 13.1 Å². The number of hydrogen-bond acceptors (Lipinski definition) is 4. The number of nitrogens with one attached hydrogen (secondary N) is 2. The molecule has 6 heteroatoms. The fourth-order valence-corrected chi connectivity index (χ4v) is 2.26. The van der Waals surface area contributed by atoms with Gasteiger partial charge in [0, 0.05) is 12.2 Å². The number of aromatic nitrogens is 1. The maximum Gasteiger partial charge on any atom is 0.191 e. The minimum atomic E-state index is -1.12. The van der Waals surface area contributed by atoms with Crippen LogP contribution in [0.25, 0.3) is 0 Å². The molecule has 2 aromatic heterocycles. The summed E-state index contributed by atoms with van der Waals surface area (Å²) in [5.74, 6) is 1.93. The van der Waals surface area contributed by atoms with Crippen LogP contribution in [0.4, 0.5) is 0 Å². The molecule has 1 unspecified atom stereocenters. The Labute approximate surface area is 143 Å². The lowest BCUT2D eigenvalue weighted by molar-refractivity contribution is 0.0378. The van der Waals surface area contributed by atoms with Crippen LogP contribution in [-0.2, 0) is 12.1 Å². The Hall–Kier alpha value is -2.34. The summed E-state index contributed by atoms with van der Waals surface area (Å²) in [6, 6.07) is 9.50. The van der Waals surface area contributed by atoms with E-state index in [9.17, 15) is 5.11 Å². The molecule has 0 aromatic carbocycles. The van der Waals surface area contributed by atoms with Crippen molar-refractivity contribution in [3.63, 3.8) is 0 Å². The van der Waals surface area contributed by atoms with Crippen LogP contribution >= 0.6 is 0 Å². The number of aliphatic imine (C=N–C) groups is 1. The molecular weight excluding hydrogens is 304 g/mol. The number of rotatable bonds is 6. The van der Waals surface area contributed by atoms with Gasteiger partial charge in [-0.3, -0.25) is 4.98 Å². The molecule has 0 fully saturated rings. The highest BCUT2D eigenvalue weighted by atomic mass is 16.4. The lowest BCUT2D eigenvalue weighted by Gasteiger charge is -2.22. The summed E-state index contributed by atoms with van der Waals surface area (Å²) in [7, 11) is 0. The first-order valence-corrected chi connectivity index (χ1v) is 8.14. The highest BCUT2D eigenvalue weighted by Gasteiger charge is 2.27. The van der Waals surface area contributed by atoms with Crippen LogP contribution < -0.4 is 10.6 Å². The topological polar surface area (TPSA) is 82.7 Å². The van der Waals surface area contributed by atoms with Gasteiger partial charge in [-0.1, -0.05) is 6.07 Å². The largest absolute Gasteiger partial charge is 0.463 e. The van der Waals surface area contributed by atoms with Crippen molar-refractivity contribution in [2.45, 2.75) is 39.8 Å². The second kappa shape index (κ2) is 7.97. The summed E-state index contributed by atoms with van der Waals surface area (Å²) in [6.45, 7) is 9.01. The van der Waals surface area contributed by atoms with Gasteiger partial charge in [0.2, 0.25) is 0 Å². The normalized spacial score (nSPS) is 14.3. The van der Waals surface area contributed by atoms with Gasteiger partial charge in [0.05, 0.1) is 18.8 Å². The Bertz CT molecular complexity index is 692. The van der Waals surface area contributed by atoms with Crippen LogP contribution in [0, 0.1) is 13.8 Å². The van der Waals surface area contributed by atoms with Gasteiger partial charge in [0.15, 0.2) is 5.96 Å². The number of aliphatic hydroxyl groups is 1. The van der Waals surface area contributed by atoms with Crippen LogP contribution in [0.2, 0.25) is 0 Å². The first-order chi connectivity index (χ1) is 11.4. The van der Waals surface area contributed by atoms with Gasteiger partial charge in [0.25, 0.3) is 0 Å². The summed E-state index contributed by atoms with van der Waals surface area (Å²) in [4.78, 5) is 8.95. The zero-order chi connectivity index (χ0) is 17.6. The van der Waals surface area contributed by atoms with E-state index in [4.69, 9.17) is 4.42 Å². The van der Waals surface area contributed by atoms with E-state index in [-0.39, 0.29) is 6.54 Å². The van der Waals surface area contributed by atoms with E-state index in [2.05, 4.69) is 20.6 Å². The summed E-state index contributed by atoms with van der Waals surface area (Å²) in [6.07, 6.45) is 0. The minimum absolute atomic E-state index is 0.285. The Morgan fingerprint density at radius 2 is 2.04 bits per heavy atom. The minimum Gasteiger partial charge on any atom is -0.463 e. The van der Waals surface area contributed by atoms with E-state index < -0.39 is 5.60 Å². The van der Waals surface area contributed by atoms with Gasteiger partial charge in [-0.15, -0.1) is 0 Å². The van der Waals surface area contributed by atoms with E-state index in [1.165, 1.54) is 0 Å². The molecule has 0 amide bonds.